The average molecular weight is 367 g/mol. The largest absolute Gasteiger partial charge is 0.315 e. The Labute approximate surface area is 166 Å². The topological polar surface area (TPSA) is 28.2 Å². The Morgan fingerprint density at radius 1 is 0.821 bits per heavy atom. The minimum absolute atomic E-state index is 0.234. The standard InChI is InChI=1S/C25H25N3/c1-2-7-20-18-21(11-10-19(20)6-1)25(28-16-5-13-26-15-17-28)23-12-14-27-24-9-4-3-8-22(23)24/h1-4,6-12,14,18,25-26H,5,13,15-17H2. The summed E-state index contributed by atoms with van der Waals surface area (Å²) in [5.41, 5.74) is 3.78. The first-order valence-corrected chi connectivity index (χ1v) is 10.2. The van der Waals surface area contributed by atoms with Gasteiger partial charge in [0, 0.05) is 31.2 Å². The predicted molar refractivity (Wildman–Crippen MR) is 117 cm³/mol. The molecule has 28 heavy (non-hydrogen) atoms. The zero-order chi connectivity index (χ0) is 18.8. The van der Waals surface area contributed by atoms with E-state index in [1.54, 1.807) is 0 Å². The molecule has 1 saturated heterocycles. The lowest BCUT2D eigenvalue weighted by Gasteiger charge is -2.32. The van der Waals surface area contributed by atoms with E-state index in [1.165, 1.54) is 33.7 Å². The van der Waals surface area contributed by atoms with Crippen LogP contribution in [-0.2, 0) is 0 Å². The fraction of sp³-hybridized carbons (Fsp3) is 0.240. The molecule has 0 amide bonds. The van der Waals surface area contributed by atoms with E-state index in [1.807, 2.05) is 6.20 Å². The molecule has 5 rings (SSSR count). The molecular weight excluding hydrogens is 342 g/mol. The Morgan fingerprint density at radius 2 is 1.68 bits per heavy atom. The molecule has 1 aromatic heterocycles. The Bertz CT molecular complexity index is 1090. The van der Waals surface area contributed by atoms with E-state index in [2.05, 4.69) is 88.0 Å². The van der Waals surface area contributed by atoms with Crippen molar-refractivity contribution < 1.29 is 0 Å². The SMILES string of the molecule is c1ccc2cc(C(c3ccnc4ccccc34)N3CCCNCC3)ccc2c1. The first kappa shape index (κ1) is 17.4. The molecule has 0 bridgehead atoms. The molecule has 1 atom stereocenters. The van der Waals surface area contributed by atoms with Gasteiger partial charge in [0.05, 0.1) is 11.6 Å². The minimum Gasteiger partial charge on any atom is -0.315 e. The number of nitrogens with zero attached hydrogens (tertiary/aromatic N) is 2. The van der Waals surface area contributed by atoms with Crippen molar-refractivity contribution >= 4 is 21.7 Å². The lowest BCUT2D eigenvalue weighted by molar-refractivity contribution is 0.242. The molecule has 1 fully saturated rings. The summed E-state index contributed by atoms with van der Waals surface area (Å²) < 4.78 is 0. The van der Waals surface area contributed by atoms with Crippen LogP contribution in [0.4, 0.5) is 0 Å². The van der Waals surface area contributed by atoms with Crippen molar-refractivity contribution in [2.75, 3.05) is 26.2 Å². The van der Waals surface area contributed by atoms with E-state index >= 15 is 0 Å². The van der Waals surface area contributed by atoms with Gasteiger partial charge in [0.25, 0.3) is 0 Å². The van der Waals surface area contributed by atoms with Gasteiger partial charge in [-0.15, -0.1) is 0 Å². The maximum absolute atomic E-state index is 4.60. The second kappa shape index (κ2) is 7.70. The lowest BCUT2D eigenvalue weighted by atomic mass is 9.92. The normalized spacial score (nSPS) is 16.9. The van der Waals surface area contributed by atoms with Gasteiger partial charge in [-0.1, -0.05) is 54.6 Å². The summed E-state index contributed by atoms with van der Waals surface area (Å²) in [5.74, 6) is 0. The lowest BCUT2D eigenvalue weighted by Crippen LogP contribution is -2.33. The fourth-order valence-electron chi connectivity index (χ4n) is 4.45. The molecule has 2 heterocycles. The Kier molecular flexibility index (Phi) is 4.78. The molecule has 3 heteroatoms. The number of nitrogens with one attached hydrogen (secondary N) is 1. The molecule has 0 spiro atoms. The third-order valence-corrected chi connectivity index (χ3v) is 5.81. The maximum Gasteiger partial charge on any atom is 0.0705 e. The Morgan fingerprint density at radius 3 is 2.64 bits per heavy atom. The summed E-state index contributed by atoms with van der Waals surface area (Å²) in [7, 11) is 0. The van der Waals surface area contributed by atoms with Crippen LogP contribution in [0.25, 0.3) is 21.7 Å². The van der Waals surface area contributed by atoms with Gasteiger partial charge in [0.2, 0.25) is 0 Å². The van der Waals surface area contributed by atoms with Crippen molar-refractivity contribution in [3.63, 3.8) is 0 Å². The molecule has 1 N–H and O–H groups in total. The smallest absolute Gasteiger partial charge is 0.0705 e. The average Bonchev–Trinajstić information content (AvgIpc) is 3.03. The van der Waals surface area contributed by atoms with Crippen molar-refractivity contribution in [2.45, 2.75) is 12.5 Å². The number of pyridine rings is 1. The number of aromatic nitrogens is 1. The number of hydrogen-bond acceptors (Lipinski definition) is 3. The van der Waals surface area contributed by atoms with Crippen molar-refractivity contribution in [3.05, 3.63) is 90.1 Å². The number of fused-ring (bicyclic) bond motifs is 2. The van der Waals surface area contributed by atoms with Gasteiger partial charge in [-0.05, 0) is 53.1 Å². The van der Waals surface area contributed by atoms with Crippen LogP contribution in [0.15, 0.2) is 79.0 Å². The van der Waals surface area contributed by atoms with Gasteiger partial charge < -0.3 is 5.32 Å². The van der Waals surface area contributed by atoms with E-state index in [0.717, 1.165) is 31.7 Å². The monoisotopic (exact) mass is 367 g/mol. The zero-order valence-corrected chi connectivity index (χ0v) is 16.0. The van der Waals surface area contributed by atoms with E-state index in [4.69, 9.17) is 0 Å². The van der Waals surface area contributed by atoms with E-state index in [0.29, 0.717) is 0 Å². The molecule has 4 aromatic rings. The molecule has 3 aromatic carbocycles. The van der Waals surface area contributed by atoms with Crippen molar-refractivity contribution in [3.8, 4) is 0 Å². The van der Waals surface area contributed by atoms with Crippen LogP contribution >= 0.6 is 0 Å². The van der Waals surface area contributed by atoms with Crippen molar-refractivity contribution in [1.29, 1.82) is 0 Å². The summed E-state index contributed by atoms with van der Waals surface area (Å²) in [6.45, 7) is 4.28. The summed E-state index contributed by atoms with van der Waals surface area (Å²) in [5, 5.41) is 7.39. The van der Waals surface area contributed by atoms with Crippen LogP contribution in [0.1, 0.15) is 23.6 Å². The van der Waals surface area contributed by atoms with Gasteiger partial charge in [0.15, 0.2) is 0 Å². The molecule has 0 aliphatic carbocycles. The Hall–Kier alpha value is -2.75. The molecule has 3 nitrogen and oxygen atoms in total. The van der Waals surface area contributed by atoms with Gasteiger partial charge in [-0.3, -0.25) is 9.88 Å². The third-order valence-electron chi connectivity index (χ3n) is 5.81. The molecule has 140 valence electrons. The second-order valence-electron chi connectivity index (χ2n) is 7.57. The summed E-state index contributed by atoms with van der Waals surface area (Å²) in [6, 6.07) is 26.5. The first-order chi connectivity index (χ1) is 13.9. The number of hydrogen-bond donors (Lipinski definition) is 1. The number of benzene rings is 3. The van der Waals surface area contributed by atoms with Crippen LogP contribution in [0.5, 0.6) is 0 Å². The third kappa shape index (κ3) is 3.28. The van der Waals surface area contributed by atoms with E-state index < -0.39 is 0 Å². The zero-order valence-electron chi connectivity index (χ0n) is 16.0. The molecule has 1 unspecified atom stereocenters. The molecular formula is C25H25N3. The Balaban J connectivity index is 1.69. The van der Waals surface area contributed by atoms with Gasteiger partial charge in [0.1, 0.15) is 0 Å². The predicted octanol–water partition coefficient (Wildman–Crippen LogP) is 4.77. The highest BCUT2D eigenvalue weighted by molar-refractivity contribution is 5.85. The first-order valence-electron chi connectivity index (χ1n) is 10.2. The number of rotatable bonds is 3. The summed E-state index contributed by atoms with van der Waals surface area (Å²) in [4.78, 5) is 7.23. The molecule has 0 saturated carbocycles. The van der Waals surface area contributed by atoms with Crippen LogP contribution < -0.4 is 5.32 Å². The minimum atomic E-state index is 0.234. The van der Waals surface area contributed by atoms with E-state index in [9.17, 15) is 0 Å². The van der Waals surface area contributed by atoms with Crippen LogP contribution in [0, 0.1) is 0 Å². The van der Waals surface area contributed by atoms with Crippen molar-refractivity contribution in [2.24, 2.45) is 0 Å². The fourth-order valence-corrected chi connectivity index (χ4v) is 4.45. The highest BCUT2D eigenvalue weighted by Gasteiger charge is 2.25. The molecule has 0 radical (unpaired) electrons. The maximum atomic E-state index is 4.60. The van der Waals surface area contributed by atoms with Gasteiger partial charge in [-0.25, -0.2) is 0 Å². The molecule has 1 aliphatic rings. The summed E-state index contributed by atoms with van der Waals surface area (Å²) in [6.07, 6.45) is 3.13. The number of para-hydroxylation sites is 1. The van der Waals surface area contributed by atoms with Crippen LogP contribution in [-0.4, -0.2) is 36.1 Å². The molecule has 1 aliphatic heterocycles. The van der Waals surface area contributed by atoms with Crippen LogP contribution in [0.3, 0.4) is 0 Å². The van der Waals surface area contributed by atoms with Crippen LogP contribution in [0.2, 0.25) is 0 Å². The quantitative estimate of drug-likeness (QED) is 0.565. The van der Waals surface area contributed by atoms with Gasteiger partial charge >= 0.3 is 0 Å². The summed E-state index contributed by atoms with van der Waals surface area (Å²) >= 11 is 0. The van der Waals surface area contributed by atoms with Crippen molar-refractivity contribution in [1.82, 2.24) is 15.2 Å². The highest BCUT2D eigenvalue weighted by Crippen LogP contribution is 2.34. The van der Waals surface area contributed by atoms with Gasteiger partial charge in [-0.2, -0.15) is 0 Å². The van der Waals surface area contributed by atoms with E-state index in [-0.39, 0.29) is 6.04 Å². The second-order valence-corrected chi connectivity index (χ2v) is 7.57. The highest BCUT2D eigenvalue weighted by atomic mass is 15.2.